The fraction of sp³-hybridized carbons (Fsp3) is 0.133. The largest absolute Gasteiger partial charge is 0.508 e. The van der Waals surface area contributed by atoms with Crippen LogP contribution in [0, 0.1) is 6.92 Å². The second-order valence-corrected chi connectivity index (χ2v) is 5.23. The molecule has 98 valence electrons. The Morgan fingerprint density at radius 2 is 2.05 bits per heavy atom. The summed E-state index contributed by atoms with van der Waals surface area (Å²) in [5.74, 6) is 0.0527. The zero-order chi connectivity index (χ0) is 13.8. The lowest BCUT2D eigenvalue weighted by atomic mass is 10.1. The summed E-state index contributed by atoms with van der Waals surface area (Å²) >= 11 is 3.42. The summed E-state index contributed by atoms with van der Waals surface area (Å²) in [7, 11) is 0. The molecule has 19 heavy (non-hydrogen) atoms. The first-order valence-corrected chi connectivity index (χ1v) is 6.68. The third-order valence-corrected chi connectivity index (χ3v) is 3.33. The van der Waals surface area contributed by atoms with Crippen LogP contribution in [0.5, 0.6) is 5.75 Å². The van der Waals surface area contributed by atoms with Crippen LogP contribution in [0.4, 0.5) is 5.69 Å². The Hall–Kier alpha value is -1.81. The van der Waals surface area contributed by atoms with Gasteiger partial charge in [0.25, 0.3) is 0 Å². The number of rotatable bonds is 3. The number of hydrogen-bond acceptors (Lipinski definition) is 2. The minimum absolute atomic E-state index is 0.116. The normalized spacial score (nSPS) is 10.2. The molecule has 0 spiro atoms. The summed E-state index contributed by atoms with van der Waals surface area (Å²) in [4.78, 5) is 11.9. The van der Waals surface area contributed by atoms with E-state index < -0.39 is 0 Å². The Balaban J connectivity index is 2.05. The van der Waals surface area contributed by atoms with Gasteiger partial charge >= 0.3 is 0 Å². The molecule has 0 fully saturated rings. The van der Waals surface area contributed by atoms with Crippen LogP contribution >= 0.6 is 15.9 Å². The van der Waals surface area contributed by atoms with Gasteiger partial charge in [-0.1, -0.05) is 18.2 Å². The number of nitrogens with one attached hydrogen (secondary N) is 1. The predicted octanol–water partition coefficient (Wildman–Crippen LogP) is 3.64. The minimum atomic E-state index is -0.116. The lowest BCUT2D eigenvalue weighted by molar-refractivity contribution is -0.115. The molecule has 0 aliphatic carbocycles. The van der Waals surface area contributed by atoms with Gasteiger partial charge in [0.1, 0.15) is 5.75 Å². The smallest absolute Gasteiger partial charge is 0.228 e. The third-order valence-electron chi connectivity index (χ3n) is 2.67. The second-order valence-electron chi connectivity index (χ2n) is 4.38. The fourth-order valence-electron chi connectivity index (χ4n) is 1.77. The number of aromatic hydroxyl groups is 1. The van der Waals surface area contributed by atoms with Gasteiger partial charge in [0.15, 0.2) is 0 Å². The summed E-state index contributed by atoms with van der Waals surface area (Å²) in [5.41, 5.74) is 2.65. The van der Waals surface area contributed by atoms with Gasteiger partial charge in [-0.2, -0.15) is 0 Å². The van der Waals surface area contributed by atoms with Crippen LogP contribution in [0.3, 0.4) is 0 Å². The first kappa shape index (κ1) is 13.6. The van der Waals surface area contributed by atoms with E-state index in [1.165, 1.54) is 0 Å². The molecule has 0 atom stereocenters. The van der Waals surface area contributed by atoms with Crippen LogP contribution in [0.15, 0.2) is 46.9 Å². The lowest BCUT2D eigenvalue weighted by Crippen LogP contribution is -2.14. The van der Waals surface area contributed by atoms with Crippen molar-refractivity contribution in [1.82, 2.24) is 0 Å². The summed E-state index contributed by atoms with van der Waals surface area (Å²) in [6.45, 7) is 1.99. The monoisotopic (exact) mass is 319 g/mol. The van der Waals surface area contributed by atoms with Crippen molar-refractivity contribution in [3.05, 3.63) is 58.1 Å². The Bertz CT molecular complexity index is 611. The highest BCUT2D eigenvalue weighted by molar-refractivity contribution is 9.10. The maximum atomic E-state index is 11.9. The highest BCUT2D eigenvalue weighted by atomic mass is 79.9. The molecule has 0 aromatic heterocycles. The van der Waals surface area contributed by atoms with Crippen LogP contribution < -0.4 is 5.32 Å². The predicted molar refractivity (Wildman–Crippen MR) is 79.3 cm³/mol. The van der Waals surface area contributed by atoms with Gasteiger partial charge < -0.3 is 10.4 Å². The molecule has 0 bridgehead atoms. The zero-order valence-corrected chi connectivity index (χ0v) is 12.1. The van der Waals surface area contributed by atoms with Crippen molar-refractivity contribution in [1.29, 1.82) is 0 Å². The van der Waals surface area contributed by atoms with Crippen molar-refractivity contribution < 1.29 is 9.90 Å². The molecule has 0 saturated heterocycles. The van der Waals surface area contributed by atoms with Crippen LogP contribution in [0.25, 0.3) is 0 Å². The number of carbonyl (C=O) groups is 1. The molecule has 0 saturated carbocycles. The van der Waals surface area contributed by atoms with E-state index in [0.717, 1.165) is 21.3 Å². The van der Waals surface area contributed by atoms with Crippen molar-refractivity contribution in [2.45, 2.75) is 13.3 Å². The Morgan fingerprint density at radius 3 is 2.74 bits per heavy atom. The van der Waals surface area contributed by atoms with E-state index in [-0.39, 0.29) is 18.1 Å². The van der Waals surface area contributed by atoms with Gasteiger partial charge in [-0.15, -0.1) is 0 Å². The molecule has 2 N–H and O–H groups in total. The number of carbonyl (C=O) groups excluding carboxylic acids is 1. The van der Waals surface area contributed by atoms with E-state index in [1.807, 2.05) is 31.2 Å². The average Bonchev–Trinajstić information content (AvgIpc) is 2.33. The first-order chi connectivity index (χ1) is 9.04. The Labute approximate surface area is 120 Å². The molecule has 4 heteroatoms. The summed E-state index contributed by atoms with van der Waals surface area (Å²) < 4.78 is 0.858. The number of phenols is 1. The van der Waals surface area contributed by atoms with Gasteiger partial charge in [0, 0.05) is 4.47 Å². The maximum Gasteiger partial charge on any atom is 0.228 e. The quantitative estimate of drug-likeness (QED) is 0.907. The number of benzene rings is 2. The Morgan fingerprint density at radius 1 is 1.26 bits per heavy atom. The van der Waals surface area contributed by atoms with Crippen LogP contribution in [0.1, 0.15) is 11.1 Å². The van der Waals surface area contributed by atoms with E-state index in [9.17, 15) is 9.90 Å². The molecule has 2 aromatic rings. The lowest BCUT2D eigenvalue weighted by Gasteiger charge is -2.08. The minimum Gasteiger partial charge on any atom is -0.508 e. The van der Waals surface area contributed by atoms with Crippen molar-refractivity contribution >= 4 is 27.5 Å². The van der Waals surface area contributed by atoms with Crippen molar-refractivity contribution in [3.8, 4) is 5.75 Å². The number of hydrogen-bond donors (Lipinski definition) is 2. The number of aryl methyl sites for hydroxylation is 1. The van der Waals surface area contributed by atoms with Crippen molar-refractivity contribution in [2.75, 3.05) is 5.32 Å². The van der Waals surface area contributed by atoms with Crippen molar-refractivity contribution in [3.63, 3.8) is 0 Å². The van der Waals surface area contributed by atoms with Gasteiger partial charge in [0.05, 0.1) is 12.1 Å². The first-order valence-electron chi connectivity index (χ1n) is 5.88. The summed E-state index contributed by atoms with van der Waals surface area (Å²) in [6.07, 6.45) is 0.231. The Kier molecular flexibility index (Phi) is 4.22. The van der Waals surface area contributed by atoms with Gasteiger partial charge in [-0.3, -0.25) is 4.79 Å². The zero-order valence-electron chi connectivity index (χ0n) is 10.5. The highest BCUT2D eigenvalue weighted by Gasteiger charge is 2.07. The molecule has 2 rings (SSSR count). The molecule has 2 aromatic carbocycles. The van der Waals surface area contributed by atoms with Gasteiger partial charge in [-0.05, 0) is 58.2 Å². The molecule has 0 unspecified atom stereocenters. The third kappa shape index (κ3) is 3.83. The highest BCUT2D eigenvalue weighted by Crippen LogP contribution is 2.23. The van der Waals surface area contributed by atoms with Crippen LogP contribution in [0.2, 0.25) is 0 Å². The van der Waals surface area contributed by atoms with E-state index in [4.69, 9.17) is 0 Å². The van der Waals surface area contributed by atoms with Gasteiger partial charge in [0.2, 0.25) is 5.91 Å². The number of amides is 1. The van der Waals surface area contributed by atoms with Gasteiger partial charge in [-0.25, -0.2) is 0 Å². The molecule has 0 heterocycles. The van der Waals surface area contributed by atoms with E-state index in [1.54, 1.807) is 18.2 Å². The number of anilines is 1. The van der Waals surface area contributed by atoms with E-state index in [2.05, 4.69) is 21.2 Å². The summed E-state index contributed by atoms with van der Waals surface area (Å²) in [6, 6.07) is 12.4. The fourth-order valence-corrected chi connectivity index (χ4v) is 2.36. The molecular weight excluding hydrogens is 306 g/mol. The van der Waals surface area contributed by atoms with E-state index >= 15 is 0 Å². The molecule has 0 radical (unpaired) electrons. The topological polar surface area (TPSA) is 49.3 Å². The molecule has 0 aliphatic heterocycles. The summed E-state index contributed by atoms with van der Waals surface area (Å²) in [5, 5.41) is 12.2. The second kappa shape index (κ2) is 5.89. The molecule has 3 nitrogen and oxygen atoms in total. The molecular formula is C15H14BrNO2. The molecule has 1 amide bonds. The SMILES string of the molecule is Cc1ccc(NC(=O)Cc2cccc(O)c2)c(Br)c1. The maximum absolute atomic E-state index is 11.9. The standard InChI is InChI=1S/C15H14BrNO2/c1-10-5-6-14(13(16)7-10)17-15(19)9-11-3-2-4-12(18)8-11/h2-8,18H,9H2,1H3,(H,17,19). The average molecular weight is 320 g/mol. The number of halogens is 1. The molecule has 0 aliphatic rings. The van der Waals surface area contributed by atoms with Crippen molar-refractivity contribution in [2.24, 2.45) is 0 Å². The number of phenolic OH excluding ortho intramolecular Hbond substituents is 1. The van der Waals surface area contributed by atoms with Crippen LogP contribution in [-0.2, 0) is 11.2 Å². The van der Waals surface area contributed by atoms with E-state index in [0.29, 0.717) is 0 Å². The van der Waals surface area contributed by atoms with Crippen LogP contribution in [-0.4, -0.2) is 11.0 Å².